The van der Waals surface area contributed by atoms with Gasteiger partial charge in [-0.25, -0.2) is 4.39 Å². The van der Waals surface area contributed by atoms with Gasteiger partial charge in [0.1, 0.15) is 5.82 Å². The zero-order valence-corrected chi connectivity index (χ0v) is 11.5. The van der Waals surface area contributed by atoms with Gasteiger partial charge in [-0.15, -0.1) is 0 Å². The van der Waals surface area contributed by atoms with Crippen molar-refractivity contribution in [2.24, 2.45) is 11.7 Å². The molecule has 0 bridgehead atoms. The molecule has 0 saturated carbocycles. The van der Waals surface area contributed by atoms with Crippen LogP contribution in [-0.4, -0.2) is 12.5 Å². The first-order valence-electron chi connectivity index (χ1n) is 6.87. The SMILES string of the molecule is CCC(CCN)CCC(=O)NCc1cccc(F)c1. The Morgan fingerprint density at radius 2 is 2.21 bits per heavy atom. The first-order chi connectivity index (χ1) is 9.15. The molecule has 0 aromatic heterocycles. The molecular formula is C15H23FN2O. The van der Waals surface area contributed by atoms with Gasteiger partial charge in [-0.05, 0) is 43.0 Å². The van der Waals surface area contributed by atoms with Gasteiger partial charge < -0.3 is 11.1 Å². The summed E-state index contributed by atoms with van der Waals surface area (Å²) in [5.74, 6) is 0.255. The summed E-state index contributed by atoms with van der Waals surface area (Å²) in [4.78, 5) is 11.7. The highest BCUT2D eigenvalue weighted by atomic mass is 19.1. The largest absolute Gasteiger partial charge is 0.352 e. The molecule has 0 aliphatic heterocycles. The third-order valence-electron chi connectivity index (χ3n) is 3.31. The van der Waals surface area contributed by atoms with Crippen molar-refractivity contribution in [1.82, 2.24) is 5.32 Å². The minimum atomic E-state index is -0.277. The summed E-state index contributed by atoms with van der Waals surface area (Å²) in [6.45, 7) is 3.17. The van der Waals surface area contributed by atoms with E-state index in [0.29, 0.717) is 25.4 Å². The fourth-order valence-electron chi connectivity index (χ4n) is 2.06. The molecule has 0 saturated heterocycles. The van der Waals surface area contributed by atoms with E-state index in [1.54, 1.807) is 12.1 Å². The maximum Gasteiger partial charge on any atom is 0.220 e. The monoisotopic (exact) mass is 266 g/mol. The molecule has 1 atom stereocenters. The van der Waals surface area contributed by atoms with Crippen LogP contribution in [0.1, 0.15) is 38.2 Å². The van der Waals surface area contributed by atoms with Crippen LogP contribution in [0.4, 0.5) is 4.39 Å². The molecule has 19 heavy (non-hydrogen) atoms. The minimum absolute atomic E-state index is 0.0136. The Balaban J connectivity index is 2.28. The van der Waals surface area contributed by atoms with E-state index < -0.39 is 0 Å². The maximum atomic E-state index is 13.0. The highest BCUT2D eigenvalue weighted by Crippen LogP contribution is 2.14. The highest BCUT2D eigenvalue weighted by Gasteiger charge is 2.08. The first-order valence-corrected chi connectivity index (χ1v) is 6.87. The minimum Gasteiger partial charge on any atom is -0.352 e. The van der Waals surface area contributed by atoms with Crippen molar-refractivity contribution < 1.29 is 9.18 Å². The second-order valence-electron chi connectivity index (χ2n) is 4.80. The first kappa shape index (κ1) is 15.6. The van der Waals surface area contributed by atoms with Crippen LogP contribution in [0.15, 0.2) is 24.3 Å². The van der Waals surface area contributed by atoms with Gasteiger partial charge in [-0.2, -0.15) is 0 Å². The number of benzene rings is 1. The molecule has 1 aromatic rings. The summed E-state index contributed by atoms with van der Waals surface area (Å²) in [6.07, 6.45) is 3.39. The van der Waals surface area contributed by atoms with Gasteiger partial charge in [0.05, 0.1) is 0 Å². The summed E-state index contributed by atoms with van der Waals surface area (Å²) in [5, 5.41) is 2.81. The van der Waals surface area contributed by atoms with Gasteiger partial charge in [-0.1, -0.05) is 25.5 Å². The van der Waals surface area contributed by atoms with Crippen molar-refractivity contribution in [1.29, 1.82) is 0 Å². The Hall–Kier alpha value is -1.42. The number of nitrogens with one attached hydrogen (secondary N) is 1. The number of amides is 1. The van der Waals surface area contributed by atoms with Crippen molar-refractivity contribution in [3.63, 3.8) is 0 Å². The van der Waals surface area contributed by atoms with Crippen molar-refractivity contribution >= 4 is 5.91 Å². The number of carbonyl (C=O) groups excluding carboxylic acids is 1. The Bertz CT molecular complexity index is 395. The second-order valence-corrected chi connectivity index (χ2v) is 4.80. The van der Waals surface area contributed by atoms with Gasteiger partial charge in [0.25, 0.3) is 0 Å². The highest BCUT2D eigenvalue weighted by molar-refractivity contribution is 5.75. The average molecular weight is 266 g/mol. The van der Waals surface area contributed by atoms with E-state index in [4.69, 9.17) is 5.73 Å². The number of carbonyl (C=O) groups is 1. The third-order valence-corrected chi connectivity index (χ3v) is 3.31. The standard InChI is InChI=1S/C15H23FN2O/c1-2-12(8-9-17)6-7-15(19)18-11-13-4-3-5-14(16)10-13/h3-5,10,12H,2,6-9,11,17H2,1H3,(H,18,19). The van der Waals surface area contributed by atoms with E-state index in [9.17, 15) is 9.18 Å². The second kappa shape index (κ2) is 8.64. The quantitative estimate of drug-likeness (QED) is 0.760. The van der Waals surface area contributed by atoms with Crippen molar-refractivity contribution in [2.45, 2.75) is 39.2 Å². The third kappa shape index (κ3) is 6.34. The summed E-state index contributed by atoms with van der Waals surface area (Å²) < 4.78 is 13.0. The molecule has 0 fully saturated rings. The molecule has 4 heteroatoms. The van der Waals surface area contributed by atoms with E-state index in [1.807, 2.05) is 0 Å². The van der Waals surface area contributed by atoms with Crippen LogP contribution in [0.5, 0.6) is 0 Å². The Kier molecular flexibility index (Phi) is 7.11. The topological polar surface area (TPSA) is 55.1 Å². The normalized spacial score (nSPS) is 12.2. The van der Waals surface area contributed by atoms with Gasteiger partial charge in [0.2, 0.25) is 5.91 Å². The lowest BCUT2D eigenvalue weighted by Gasteiger charge is -2.13. The van der Waals surface area contributed by atoms with Crippen LogP contribution in [0.2, 0.25) is 0 Å². The number of hydrogen-bond donors (Lipinski definition) is 2. The molecule has 3 nitrogen and oxygen atoms in total. The Labute approximate surface area is 114 Å². The number of rotatable bonds is 8. The molecule has 0 spiro atoms. The Morgan fingerprint density at radius 3 is 2.84 bits per heavy atom. The smallest absolute Gasteiger partial charge is 0.220 e. The van der Waals surface area contributed by atoms with E-state index >= 15 is 0 Å². The summed E-state index contributed by atoms with van der Waals surface area (Å²) in [7, 11) is 0. The van der Waals surface area contributed by atoms with Crippen LogP contribution < -0.4 is 11.1 Å². The molecule has 0 radical (unpaired) electrons. The number of nitrogens with two attached hydrogens (primary N) is 1. The van der Waals surface area contributed by atoms with Gasteiger partial charge in [0, 0.05) is 13.0 Å². The summed E-state index contributed by atoms with van der Waals surface area (Å²) in [5.41, 5.74) is 6.30. The molecule has 3 N–H and O–H groups in total. The lowest BCUT2D eigenvalue weighted by molar-refractivity contribution is -0.121. The zero-order chi connectivity index (χ0) is 14.1. The van der Waals surface area contributed by atoms with Crippen molar-refractivity contribution in [2.75, 3.05) is 6.54 Å². The molecule has 0 aliphatic rings. The summed E-state index contributed by atoms with van der Waals surface area (Å²) in [6, 6.07) is 6.27. The lowest BCUT2D eigenvalue weighted by Crippen LogP contribution is -2.23. The molecule has 0 heterocycles. The van der Waals surface area contributed by atoms with Gasteiger partial charge >= 0.3 is 0 Å². The molecular weight excluding hydrogens is 243 g/mol. The van der Waals surface area contributed by atoms with Gasteiger partial charge in [-0.3, -0.25) is 4.79 Å². The molecule has 1 rings (SSSR count). The summed E-state index contributed by atoms with van der Waals surface area (Å²) >= 11 is 0. The predicted octanol–water partition coefficient (Wildman–Crippen LogP) is 2.60. The molecule has 0 aliphatic carbocycles. The van der Waals surface area contributed by atoms with E-state index in [2.05, 4.69) is 12.2 Å². The number of hydrogen-bond acceptors (Lipinski definition) is 2. The van der Waals surface area contributed by atoms with Crippen LogP contribution in [0, 0.1) is 11.7 Å². The maximum absolute atomic E-state index is 13.0. The van der Waals surface area contributed by atoms with Crippen LogP contribution in [-0.2, 0) is 11.3 Å². The average Bonchev–Trinajstić information content (AvgIpc) is 2.41. The van der Waals surface area contributed by atoms with Crippen molar-refractivity contribution in [3.05, 3.63) is 35.6 Å². The fraction of sp³-hybridized carbons (Fsp3) is 0.533. The van der Waals surface area contributed by atoms with Crippen molar-refractivity contribution in [3.8, 4) is 0 Å². The fourth-order valence-corrected chi connectivity index (χ4v) is 2.06. The molecule has 106 valence electrons. The van der Waals surface area contributed by atoms with Crippen LogP contribution in [0.25, 0.3) is 0 Å². The van der Waals surface area contributed by atoms with Crippen LogP contribution >= 0.6 is 0 Å². The van der Waals surface area contributed by atoms with Gasteiger partial charge in [0.15, 0.2) is 0 Å². The zero-order valence-electron chi connectivity index (χ0n) is 11.5. The lowest BCUT2D eigenvalue weighted by atomic mass is 9.96. The molecule has 1 amide bonds. The van der Waals surface area contributed by atoms with E-state index in [0.717, 1.165) is 24.8 Å². The van der Waals surface area contributed by atoms with E-state index in [1.165, 1.54) is 12.1 Å². The number of halogens is 1. The molecule has 1 aromatic carbocycles. The Morgan fingerprint density at radius 1 is 1.42 bits per heavy atom. The molecule has 1 unspecified atom stereocenters. The van der Waals surface area contributed by atoms with Crippen LogP contribution in [0.3, 0.4) is 0 Å². The predicted molar refractivity (Wildman–Crippen MR) is 74.9 cm³/mol. The van der Waals surface area contributed by atoms with E-state index in [-0.39, 0.29) is 11.7 Å².